The lowest BCUT2D eigenvalue weighted by Crippen LogP contribution is -2.52. The Morgan fingerprint density at radius 3 is 2.34 bits per heavy atom. The molecule has 3 aromatic carbocycles. The van der Waals surface area contributed by atoms with E-state index in [4.69, 9.17) is 16.3 Å². The molecular weight excluding hydrogens is 859 g/mol. The Kier molecular flexibility index (Phi) is 13.3. The summed E-state index contributed by atoms with van der Waals surface area (Å²) in [6, 6.07) is 8.17. The zero-order valence-electron chi connectivity index (χ0n) is 36.7. The molecule has 3 saturated heterocycles. The van der Waals surface area contributed by atoms with Gasteiger partial charge in [-0.15, -0.1) is 0 Å². The number of piperazine rings is 1. The van der Waals surface area contributed by atoms with Crippen LogP contribution in [0.3, 0.4) is 0 Å². The molecule has 5 aliphatic rings. The molecule has 1 atom stereocenters. The summed E-state index contributed by atoms with van der Waals surface area (Å²) in [6.07, 6.45) is 10.2. The highest BCUT2D eigenvalue weighted by Crippen LogP contribution is 2.44. The maximum absolute atomic E-state index is 16.5. The summed E-state index contributed by atoms with van der Waals surface area (Å²) in [5.74, 6) is -0.984. The Morgan fingerprint density at radius 2 is 1.62 bits per heavy atom. The van der Waals surface area contributed by atoms with E-state index < -0.39 is 29.4 Å². The molecule has 4 aliphatic heterocycles. The maximum Gasteiger partial charge on any atom is 0.255 e. The van der Waals surface area contributed by atoms with Crippen LogP contribution in [0, 0.1) is 29.3 Å². The largest absolute Gasteiger partial charge is 0.493 e. The first kappa shape index (κ1) is 44.9. The van der Waals surface area contributed by atoms with Crippen LogP contribution in [0.25, 0.3) is 22.0 Å². The molecule has 16 heteroatoms. The first-order valence-electron chi connectivity index (χ1n) is 23.2. The molecule has 4 amide bonds. The summed E-state index contributed by atoms with van der Waals surface area (Å²) >= 11 is 6.79. The van der Waals surface area contributed by atoms with Crippen molar-refractivity contribution in [2.45, 2.75) is 96.1 Å². The summed E-state index contributed by atoms with van der Waals surface area (Å²) in [5, 5.41) is 2.77. The second kappa shape index (κ2) is 19.3. The van der Waals surface area contributed by atoms with Crippen molar-refractivity contribution < 1.29 is 37.1 Å². The monoisotopic (exact) mass is 913 g/mol. The highest BCUT2D eigenvalue weighted by Gasteiger charge is 2.41. The lowest BCUT2D eigenvalue weighted by atomic mass is 9.79. The first-order chi connectivity index (χ1) is 31.5. The van der Waals surface area contributed by atoms with E-state index in [1.165, 1.54) is 23.4 Å². The minimum Gasteiger partial charge on any atom is -0.493 e. The standard InChI is InChI=1S/C49H55ClF3N7O5/c1-2-42(62)58-19-21-59(22-20-58)47-35-26-37(50)43(45(53)46(35)54-28-55-47)44-38(52)4-3-5-40(44)65-23-15-30-8-6-29(7-9-30)12-16-57-17-13-31(14-18-57)33-24-32(51)25-34-36(33)27-60(49(34)64)39-10-11-41(61)56-48(39)63/h3-5,24-26,28-31,39H,2,6-23,27H2,1H3,(H,56,61,63). The van der Waals surface area contributed by atoms with Crippen molar-refractivity contribution in [3.63, 3.8) is 0 Å². The molecule has 12 nitrogen and oxygen atoms in total. The number of carbonyl (C=O) groups excluding carboxylic acids is 4. The molecule has 4 fully saturated rings. The number of nitrogens with zero attached hydrogens (tertiary/aromatic N) is 6. The van der Waals surface area contributed by atoms with E-state index in [1.54, 1.807) is 24.3 Å². The summed E-state index contributed by atoms with van der Waals surface area (Å²) in [5.41, 5.74) is 1.88. The van der Waals surface area contributed by atoms with Gasteiger partial charge in [0.05, 0.1) is 17.2 Å². The smallest absolute Gasteiger partial charge is 0.255 e. The van der Waals surface area contributed by atoms with Crippen LogP contribution in [0.15, 0.2) is 42.7 Å². The quantitative estimate of drug-likeness (QED) is 0.141. The minimum absolute atomic E-state index is 0.0241. The third-order valence-corrected chi connectivity index (χ3v) is 14.8. The molecule has 1 saturated carbocycles. The number of carbonyl (C=O) groups is 4. The molecular formula is C49H55ClF3N7O5. The fourth-order valence-electron chi connectivity index (χ4n) is 10.9. The Hall–Kier alpha value is -5.28. The number of hydrogen-bond donors (Lipinski definition) is 1. The van der Waals surface area contributed by atoms with Gasteiger partial charge in [-0.1, -0.05) is 50.3 Å². The van der Waals surface area contributed by atoms with Crippen LogP contribution in [0.1, 0.15) is 105 Å². The van der Waals surface area contributed by atoms with Gasteiger partial charge in [0.2, 0.25) is 17.7 Å². The molecule has 0 radical (unpaired) electrons. The van der Waals surface area contributed by atoms with Crippen molar-refractivity contribution in [1.82, 2.24) is 30.0 Å². The molecule has 1 aliphatic carbocycles. The Labute approximate surface area is 381 Å². The summed E-state index contributed by atoms with van der Waals surface area (Å²) < 4.78 is 53.3. The number of hydrogen-bond acceptors (Lipinski definition) is 9. The number of likely N-dealkylation sites (tertiary alicyclic amines) is 1. The van der Waals surface area contributed by atoms with E-state index in [-0.39, 0.29) is 70.4 Å². The lowest BCUT2D eigenvalue weighted by molar-refractivity contribution is -0.137. The van der Waals surface area contributed by atoms with E-state index in [9.17, 15) is 23.6 Å². The molecule has 1 aromatic heterocycles. The van der Waals surface area contributed by atoms with Gasteiger partial charge < -0.3 is 24.3 Å². The lowest BCUT2D eigenvalue weighted by Gasteiger charge is -2.35. The average molecular weight is 914 g/mol. The van der Waals surface area contributed by atoms with Gasteiger partial charge in [-0.3, -0.25) is 24.5 Å². The Morgan fingerprint density at radius 1 is 0.877 bits per heavy atom. The van der Waals surface area contributed by atoms with Crippen molar-refractivity contribution in [2.24, 2.45) is 11.8 Å². The van der Waals surface area contributed by atoms with E-state index in [0.717, 1.165) is 82.1 Å². The van der Waals surface area contributed by atoms with Crippen LogP contribution in [0.4, 0.5) is 19.0 Å². The number of aromatic nitrogens is 2. The molecule has 9 rings (SSSR count). The number of fused-ring (bicyclic) bond motifs is 2. The molecule has 344 valence electrons. The number of rotatable bonds is 12. The van der Waals surface area contributed by atoms with Crippen LogP contribution in [-0.4, -0.2) is 107 Å². The van der Waals surface area contributed by atoms with Gasteiger partial charge in [0, 0.05) is 62.1 Å². The number of halogens is 4. The van der Waals surface area contributed by atoms with E-state index in [1.807, 2.05) is 16.7 Å². The van der Waals surface area contributed by atoms with E-state index in [2.05, 4.69) is 20.2 Å². The molecule has 1 N–H and O–H groups in total. The topological polar surface area (TPSA) is 128 Å². The van der Waals surface area contributed by atoms with E-state index in [0.29, 0.717) is 67.8 Å². The molecule has 0 spiro atoms. The number of benzene rings is 3. The van der Waals surface area contributed by atoms with Crippen LogP contribution in [-0.2, 0) is 20.9 Å². The number of amides is 4. The molecule has 0 bridgehead atoms. The van der Waals surface area contributed by atoms with Gasteiger partial charge in [0.15, 0.2) is 5.82 Å². The van der Waals surface area contributed by atoms with Crippen LogP contribution in [0.2, 0.25) is 5.02 Å². The van der Waals surface area contributed by atoms with Crippen LogP contribution >= 0.6 is 11.6 Å². The average Bonchev–Trinajstić information content (AvgIpc) is 3.63. The summed E-state index contributed by atoms with van der Waals surface area (Å²) in [7, 11) is 0. The highest BCUT2D eigenvalue weighted by molar-refractivity contribution is 6.34. The second-order valence-corrected chi connectivity index (χ2v) is 18.7. The maximum atomic E-state index is 16.5. The normalized spacial score (nSPS) is 22.1. The number of piperidine rings is 2. The fraction of sp³-hybridized carbons (Fsp3) is 0.510. The predicted molar refractivity (Wildman–Crippen MR) is 240 cm³/mol. The summed E-state index contributed by atoms with van der Waals surface area (Å²) in [4.78, 5) is 66.4. The molecule has 1 unspecified atom stereocenters. The number of nitrogens with one attached hydrogen (secondary N) is 1. The van der Waals surface area contributed by atoms with E-state index >= 15 is 8.78 Å². The van der Waals surface area contributed by atoms with Gasteiger partial charge in [0.25, 0.3) is 5.91 Å². The van der Waals surface area contributed by atoms with Crippen molar-refractivity contribution in [3.8, 4) is 16.9 Å². The zero-order valence-corrected chi connectivity index (χ0v) is 37.5. The van der Waals surface area contributed by atoms with Gasteiger partial charge >= 0.3 is 0 Å². The zero-order chi connectivity index (χ0) is 45.4. The first-order valence-corrected chi connectivity index (χ1v) is 23.6. The fourth-order valence-corrected chi connectivity index (χ4v) is 11.1. The van der Waals surface area contributed by atoms with Crippen molar-refractivity contribution >= 4 is 52.0 Å². The third-order valence-electron chi connectivity index (χ3n) is 14.5. The summed E-state index contributed by atoms with van der Waals surface area (Å²) in [6.45, 7) is 7.31. The molecule has 65 heavy (non-hydrogen) atoms. The van der Waals surface area contributed by atoms with Crippen molar-refractivity contribution in [2.75, 3.05) is 57.3 Å². The van der Waals surface area contributed by atoms with Crippen molar-refractivity contribution in [3.05, 3.63) is 81.9 Å². The molecule has 5 heterocycles. The minimum atomic E-state index is -0.749. The SMILES string of the molecule is CCC(=O)N1CCN(c2ncnc3c(F)c(-c4c(F)cccc4OCCC4CCC(CCN5CCC(c6cc(F)cc7c6CN(C6CCC(=O)NC6=O)C7=O)CC5)CC4)c(Cl)cc23)CC1. The molecule has 4 aromatic rings. The highest BCUT2D eigenvalue weighted by atomic mass is 35.5. The third kappa shape index (κ3) is 9.27. The number of anilines is 1. The Bertz CT molecular complexity index is 2490. The van der Waals surface area contributed by atoms with Crippen LogP contribution < -0.4 is 15.0 Å². The Balaban J connectivity index is 0.753. The van der Waals surface area contributed by atoms with Crippen molar-refractivity contribution in [1.29, 1.82) is 0 Å². The van der Waals surface area contributed by atoms with Gasteiger partial charge in [-0.25, -0.2) is 23.1 Å². The second-order valence-electron chi connectivity index (χ2n) is 18.3. The van der Waals surface area contributed by atoms with Gasteiger partial charge in [-0.2, -0.15) is 0 Å². The number of ether oxygens (including phenoxy) is 1. The van der Waals surface area contributed by atoms with Gasteiger partial charge in [0.1, 0.15) is 41.1 Å². The predicted octanol–water partition coefficient (Wildman–Crippen LogP) is 8.03. The number of imide groups is 1. The van der Waals surface area contributed by atoms with Crippen LogP contribution in [0.5, 0.6) is 5.75 Å². The van der Waals surface area contributed by atoms with Gasteiger partial charge in [-0.05, 0) is 111 Å².